The van der Waals surface area contributed by atoms with Crippen LogP contribution in [0.3, 0.4) is 0 Å². The summed E-state index contributed by atoms with van der Waals surface area (Å²) in [6.07, 6.45) is 4.16. The molecule has 3 N–H and O–H groups in total. The van der Waals surface area contributed by atoms with Gasteiger partial charge >= 0.3 is 0 Å². The van der Waals surface area contributed by atoms with E-state index in [0.717, 1.165) is 43.9 Å². The molecule has 2 aliphatic heterocycles. The Balaban J connectivity index is 1.75. The van der Waals surface area contributed by atoms with Gasteiger partial charge in [-0.25, -0.2) is 0 Å². The second-order valence-electron chi connectivity index (χ2n) is 5.56. The number of hydrogen-bond donors (Lipinski definition) is 2. The summed E-state index contributed by atoms with van der Waals surface area (Å²) in [7, 11) is 0. The first-order valence-corrected chi connectivity index (χ1v) is 6.55. The lowest BCUT2D eigenvalue weighted by Gasteiger charge is -2.48. The number of fused-ring (bicyclic) bond motifs is 1. The van der Waals surface area contributed by atoms with E-state index in [0.29, 0.717) is 11.1 Å². The Bertz CT molecular complexity index is 620. The van der Waals surface area contributed by atoms with Gasteiger partial charge in [-0.1, -0.05) is 0 Å². The number of nitrogen functional groups attached to an aromatic ring is 1. The Morgan fingerprint density at radius 3 is 3.05 bits per heavy atom. The summed E-state index contributed by atoms with van der Waals surface area (Å²) in [6.45, 7) is 3.69. The van der Waals surface area contributed by atoms with E-state index >= 15 is 0 Å². The van der Waals surface area contributed by atoms with Crippen molar-refractivity contribution < 1.29 is 4.74 Å². The van der Waals surface area contributed by atoms with E-state index in [1.54, 1.807) is 6.20 Å². The Morgan fingerprint density at radius 2 is 2.26 bits per heavy atom. The third-order valence-electron chi connectivity index (χ3n) is 4.08. The molecule has 0 unspecified atom stereocenters. The van der Waals surface area contributed by atoms with Crippen molar-refractivity contribution in [3.05, 3.63) is 6.20 Å². The van der Waals surface area contributed by atoms with Gasteiger partial charge < -0.3 is 15.4 Å². The minimum absolute atomic E-state index is 0.288. The van der Waals surface area contributed by atoms with Gasteiger partial charge in [0.25, 0.3) is 0 Å². The highest BCUT2D eigenvalue weighted by molar-refractivity contribution is 5.87. The van der Waals surface area contributed by atoms with Gasteiger partial charge in [0.2, 0.25) is 5.95 Å². The number of H-pyrrole nitrogens is 1. The SMILES string of the molecule is Nc1nc(N2CCCC3(COC3)C2)c2cn[nH]c2n1. The van der Waals surface area contributed by atoms with Crippen LogP contribution in [0.5, 0.6) is 0 Å². The summed E-state index contributed by atoms with van der Waals surface area (Å²) in [5.41, 5.74) is 6.80. The predicted octanol–water partition coefficient (Wildman–Crippen LogP) is 0.552. The third-order valence-corrected chi connectivity index (χ3v) is 4.08. The lowest BCUT2D eigenvalue weighted by molar-refractivity contribution is -0.117. The number of piperidine rings is 1. The minimum Gasteiger partial charge on any atom is -0.380 e. The molecule has 0 saturated carbocycles. The lowest BCUT2D eigenvalue weighted by Crippen LogP contribution is -2.54. The molecule has 1 spiro atoms. The molecular formula is C12H16N6O. The quantitative estimate of drug-likeness (QED) is 0.778. The molecule has 4 heterocycles. The summed E-state index contributed by atoms with van der Waals surface area (Å²) in [5.74, 6) is 1.18. The zero-order chi connectivity index (χ0) is 12.9. The Kier molecular flexibility index (Phi) is 2.20. The highest BCUT2D eigenvalue weighted by atomic mass is 16.5. The molecule has 2 aliphatic rings. The molecule has 0 amide bonds. The number of ether oxygens (including phenoxy) is 1. The van der Waals surface area contributed by atoms with Crippen molar-refractivity contribution in [2.24, 2.45) is 5.41 Å². The van der Waals surface area contributed by atoms with Crippen LogP contribution >= 0.6 is 0 Å². The molecule has 2 saturated heterocycles. The Labute approximate surface area is 110 Å². The zero-order valence-electron chi connectivity index (χ0n) is 10.6. The summed E-state index contributed by atoms with van der Waals surface area (Å²) < 4.78 is 5.39. The number of aromatic amines is 1. The molecule has 7 heteroatoms. The molecule has 19 heavy (non-hydrogen) atoms. The number of nitrogens with zero attached hydrogens (tertiary/aromatic N) is 4. The normalized spacial score (nSPS) is 21.8. The molecule has 2 fully saturated rings. The maximum atomic E-state index is 5.78. The van der Waals surface area contributed by atoms with Crippen LogP contribution in [-0.4, -0.2) is 46.5 Å². The van der Waals surface area contributed by atoms with E-state index in [4.69, 9.17) is 10.5 Å². The number of nitrogens with two attached hydrogens (primary N) is 1. The van der Waals surface area contributed by atoms with Crippen LogP contribution in [-0.2, 0) is 4.74 Å². The molecule has 7 nitrogen and oxygen atoms in total. The molecular weight excluding hydrogens is 244 g/mol. The lowest BCUT2D eigenvalue weighted by atomic mass is 9.78. The van der Waals surface area contributed by atoms with Crippen molar-refractivity contribution in [2.75, 3.05) is 36.9 Å². The highest BCUT2D eigenvalue weighted by Gasteiger charge is 2.42. The van der Waals surface area contributed by atoms with Crippen molar-refractivity contribution >= 4 is 22.8 Å². The van der Waals surface area contributed by atoms with Crippen LogP contribution in [0, 0.1) is 5.41 Å². The van der Waals surface area contributed by atoms with Gasteiger partial charge in [0.1, 0.15) is 5.82 Å². The van der Waals surface area contributed by atoms with Crippen LogP contribution in [0.4, 0.5) is 11.8 Å². The fraction of sp³-hybridized carbons (Fsp3) is 0.583. The largest absolute Gasteiger partial charge is 0.380 e. The van der Waals surface area contributed by atoms with Gasteiger partial charge in [-0.3, -0.25) is 5.10 Å². The van der Waals surface area contributed by atoms with E-state index in [2.05, 4.69) is 25.1 Å². The predicted molar refractivity (Wildman–Crippen MR) is 70.8 cm³/mol. The molecule has 4 rings (SSSR count). The maximum Gasteiger partial charge on any atom is 0.224 e. The number of nitrogens with one attached hydrogen (secondary N) is 1. The first-order valence-electron chi connectivity index (χ1n) is 6.55. The average molecular weight is 260 g/mol. The fourth-order valence-corrected chi connectivity index (χ4v) is 3.09. The van der Waals surface area contributed by atoms with Crippen LogP contribution in [0.1, 0.15) is 12.8 Å². The van der Waals surface area contributed by atoms with Gasteiger partial charge in [0.15, 0.2) is 5.65 Å². The van der Waals surface area contributed by atoms with E-state index in [9.17, 15) is 0 Å². The molecule has 2 aromatic rings. The standard InChI is InChI=1S/C12H16N6O/c13-11-15-9-8(4-14-17-9)10(16-11)18-3-1-2-12(5-18)6-19-7-12/h4H,1-3,5-7H2,(H3,13,14,15,16,17). The Morgan fingerprint density at radius 1 is 1.37 bits per heavy atom. The van der Waals surface area contributed by atoms with Crippen molar-refractivity contribution in [3.8, 4) is 0 Å². The van der Waals surface area contributed by atoms with E-state index in [1.807, 2.05) is 0 Å². The third kappa shape index (κ3) is 1.65. The summed E-state index contributed by atoms with van der Waals surface area (Å²) in [5, 5.41) is 7.83. The number of aromatic nitrogens is 4. The van der Waals surface area contributed by atoms with Crippen LogP contribution in [0.15, 0.2) is 6.20 Å². The summed E-state index contributed by atoms with van der Waals surface area (Å²) >= 11 is 0. The topological polar surface area (TPSA) is 93.0 Å². The van der Waals surface area contributed by atoms with Gasteiger partial charge in [0.05, 0.1) is 24.8 Å². The highest BCUT2D eigenvalue weighted by Crippen LogP contribution is 2.39. The average Bonchev–Trinajstić information content (AvgIpc) is 2.84. The smallest absolute Gasteiger partial charge is 0.224 e. The molecule has 0 aromatic carbocycles. The van der Waals surface area contributed by atoms with Crippen LogP contribution in [0.2, 0.25) is 0 Å². The Hall–Kier alpha value is -1.89. The maximum absolute atomic E-state index is 5.78. The van der Waals surface area contributed by atoms with E-state index in [-0.39, 0.29) is 5.95 Å². The van der Waals surface area contributed by atoms with Gasteiger partial charge in [0, 0.05) is 18.5 Å². The molecule has 0 radical (unpaired) electrons. The van der Waals surface area contributed by atoms with E-state index < -0.39 is 0 Å². The summed E-state index contributed by atoms with van der Waals surface area (Å²) in [4.78, 5) is 10.9. The van der Waals surface area contributed by atoms with Gasteiger partial charge in [-0.2, -0.15) is 15.1 Å². The van der Waals surface area contributed by atoms with Crippen molar-refractivity contribution in [2.45, 2.75) is 12.8 Å². The second kappa shape index (κ2) is 3.80. The first-order chi connectivity index (χ1) is 9.26. The summed E-state index contributed by atoms with van der Waals surface area (Å²) in [6, 6.07) is 0. The number of anilines is 2. The molecule has 2 aromatic heterocycles. The zero-order valence-corrected chi connectivity index (χ0v) is 10.6. The van der Waals surface area contributed by atoms with Gasteiger partial charge in [-0.05, 0) is 12.8 Å². The van der Waals surface area contributed by atoms with Crippen molar-refractivity contribution in [1.82, 2.24) is 20.2 Å². The first kappa shape index (κ1) is 11.0. The van der Waals surface area contributed by atoms with E-state index in [1.165, 1.54) is 6.42 Å². The minimum atomic E-state index is 0.288. The molecule has 0 atom stereocenters. The van der Waals surface area contributed by atoms with Crippen molar-refractivity contribution in [1.29, 1.82) is 0 Å². The second-order valence-corrected chi connectivity index (χ2v) is 5.56. The van der Waals surface area contributed by atoms with Crippen LogP contribution in [0.25, 0.3) is 11.0 Å². The molecule has 0 bridgehead atoms. The fourth-order valence-electron chi connectivity index (χ4n) is 3.09. The monoisotopic (exact) mass is 260 g/mol. The van der Waals surface area contributed by atoms with Crippen molar-refractivity contribution in [3.63, 3.8) is 0 Å². The van der Waals surface area contributed by atoms with Crippen LogP contribution < -0.4 is 10.6 Å². The number of rotatable bonds is 1. The molecule has 100 valence electrons. The molecule has 0 aliphatic carbocycles. The van der Waals surface area contributed by atoms with Gasteiger partial charge in [-0.15, -0.1) is 0 Å². The number of hydrogen-bond acceptors (Lipinski definition) is 6.